The molecule has 2 N–H and O–H groups in total. The van der Waals surface area contributed by atoms with E-state index in [-0.39, 0.29) is 5.41 Å². The summed E-state index contributed by atoms with van der Waals surface area (Å²) in [5.41, 5.74) is 0.0339. The molecule has 0 unspecified atom stereocenters. The lowest BCUT2D eigenvalue weighted by molar-refractivity contribution is 0.518. The summed E-state index contributed by atoms with van der Waals surface area (Å²) in [5, 5.41) is 17.0. The van der Waals surface area contributed by atoms with Gasteiger partial charge < -0.3 is 15.2 Å². The first-order chi connectivity index (χ1) is 11.4. The number of hydrogen-bond acceptors (Lipinski definition) is 4. The van der Waals surface area contributed by atoms with E-state index in [0.29, 0.717) is 13.1 Å². The molecule has 2 aromatic rings. The van der Waals surface area contributed by atoms with Crippen molar-refractivity contribution in [1.29, 1.82) is 0 Å². The minimum Gasteiger partial charge on any atom is -0.355 e. The molecule has 0 amide bonds. The zero-order chi connectivity index (χ0) is 17.6. The van der Waals surface area contributed by atoms with Gasteiger partial charge in [-0.2, -0.15) is 0 Å². The van der Waals surface area contributed by atoms with E-state index >= 15 is 0 Å². The predicted molar refractivity (Wildman–Crippen MR) is 100 cm³/mol. The smallest absolute Gasteiger partial charge is 0.191 e. The van der Waals surface area contributed by atoms with Gasteiger partial charge in [-0.3, -0.25) is 0 Å². The maximum absolute atomic E-state index is 4.62. The lowest BCUT2D eigenvalue weighted by atomic mass is 9.91. The van der Waals surface area contributed by atoms with Crippen molar-refractivity contribution in [2.24, 2.45) is 12.0 Å². The van der Waals surface area contributed by atoms with Gasteiger partial charge >= 0.3 is 0 Å². The van der Waals surface area contributed by atoms with Gasteiger partial charge in [0.1, 0.15) is 12.4 Å². The van der Waals surface area contributed by atoms with Crippen LogP contribution in [0.15, 0.2) is 35.2 Å². The van der Waals surface area contributed by atoms with Crippen molar-refractivity contribution in [1.82, 2.24) is 25.4 Å². The van der Waals surface area contributed by atoms with Crippen LogP contribution in [0.3, 0.4) is 0 Å². The topological polar surface area (TPSA) is 67.1 Å². The summed E-state index contributed by atoms with van der Waals surface area (Å²) in [4.78, 5) is 5.97. The number of aliphatic imine (C=N–C) groups is 1. The summed E-state index contributed by atoms with van der Waals surface area (Å²) in [6.07, 6.45) is 1.81. The number of aromatic nitrogens is 3. The normalized spacial score (nSPS) is 12.2. The number of hydrogen-bond donors (Lipinski definition) is 2. The van der Waals surface area contributed by atoms with E-state index in [1.807, 2.05) is 24.6 Å². The molecule has 2 rings (SSSR count). The first-order valence-corrected chi connectivity index (χ1v) is 8.84. The highest BCUT2D eigenvalue weighted by molar-refractivity contribution is 7.10. The lowest BCUT2D eigenvalue weighted by Gasteiger charge is -2.25. The zero-order valence-corrected chi connectivity index (χ0v) is 15.7. The summed E-state index contributed by atoms with van der Waals surface area (Å²) in [7, 11) is 1.95. The van der Waals surface area contributed by atoms with Crippen molar-refractivity contribution >= 4 is 17.3 Å². The summed E-state index contributed by atoms with van der Waals surface area (Å²) in [6, 6.07) is 4.26. The van der Waals surface area contributed by atoms with Gasteiger partial charge in [0.2, 0.25) is 0 Å². The molecule has 0 aromatic carbocycles. The molecule has 0 spiro atoms. The molecule has 0 aliphatic heterocycles. The van der Waals surface area contributed by atoms with E-state index in [1.54, 1.807) is 11.3 Å². The molecule has 0 radical (unpaired) electrons. The molecule has 0 aliphatic carbocycles. The first-order valence-electron chi connectivity index (χ1n) is 7.96. The van der Waals surface area contributed by atoms with Crippen molar-refractivity contribution in [3.05, 3.63) is 46.7 Å². The highest BCUT2D eigenvalue weighted by Gasteiger charge is 2.22. The van der Waals surface area contributed by atoms with Gasteiger partial charge in [0, 0.05) is 30.4 Å². The van der Waals surface area contributed by atoms with Gasteiger partial charge in [-0.25, -0.2) is 4.99 Å². The predicted octanol–water partition coefficient (Wildman–Crippen LogP) is 2.38. The van der Waals surface area contributed by atoms with E-state index in [2.05, 4.69) is 63.8 Å². The molecular weight excluding hydrogens is 320 g/mol. The molecule has 24 heavy (non-hydrogen) atoms. The highest BCUT2D eigenvalue weighted by atomic mass is 32.1. The molecule has 0 saturated heterocycles. The average molecular weight is 347 g/mol. The van der Waals surface area contributed by atoms with Crippen LogP contribution in [0, 0.1) is 6.92 Å². The molecule has 0 bridgehead atoms. The van der Waals surface area contributed by atoms with Gasteiger partial charge in [-0.15, -0.1) is 28.1 Å². The summed E-state index contributed by atoms with van der Waals surface area (Å²) in [5.74, 6) is 2.47. The molecule has 7 heteroatoms. The Morgan fingerprint density at radius 1 is 1.42 bits per heavy atom. The van der Waals surface area contributed by atoms with Crippen molar-refractivity contribution in [3.63, 3.8) is 0 Å². The SMILES string of the molecule is C=CCNC(=NCc1nnc(C)n1C)NCC(C)(C)c1cccs1. The molecule has 6 nitrogen and oxygen atoms in total. The largest absolute Gasteiger partial charge is 0.355 e. The van der Waals surface area contributed by atoms with Crippen LogP contribution in [0.25, 0.3) is 0 Å². The van der Waals surface area contributed by atoms with Crippen molar-refractivity contribution in [2.45, 2.75) is 32.7 Å². The minimum atomic E-state index is 0.0339. The van der Waals surface area contributed by atoms with Crippen LogP contribution in [0.1, 0.15) is 30.4 Å². The fourth-order valence-electron chi connectivity index (χ4n) is 2.14. The number of nitrogens with one attached hydrogen (secondary N) is 2. The average Bonchev–Trinajstić information content (AvgIpc) is 3.20. The Morgan fingerprint density at radius 2 is 2.21 bits per heavy atom. The Morgan fingerprint density at radius 3 is 2.79 bits per heavy atom. The third kappa shape index (κ3) is 4.67. The van der Waals surface area contributed by atoms with Crippen LogP contribution < -0.4 is 10.6 Å². The van der Waals surface area contributed by atoms with Crippen LogP contribution in [-0.2, 0) is 19.0 Å². The molecule has 130 valence electrons. The second-order valence-corrected chi connectivity index (χ2v) is 7.22. The molecular formula is C17H26N6S. The third-order valence-corrected chi connectivity index (χ3v) is 5.10. The van der Waals surface area contributed by atoms with E-state index < -0.39 is 0 Å². The van der Waals surface area contributed by atoms with Gasteiger partial charge in [0.05, 0.1) is 0 Å². The van der Waals surface area contributed by atoms with E-state index in [0.717, 1.165) is 24.2 Å². The van der Waals surface area contributed by atoms with E-state index in [9.17, 15) is 0 Å². The van der Waals surface area contributed by atoms with Crippen LogP contribution in [0.5, 0.6) is 0 Å². The lowest BCUT2D eigenvalue weighted by Crippen LogP contribution is -2.43. The molecule has 0 fully saturated rings. The molecule has 0 atom stereocenters. The van der Waals surface area contributed by atoms with Crippen LogP contribution in [0.2, 0.25) is 0 Å². The van der Waals surface area contributed by atoms with Crippen LogP contribution in [-0.4, -0.2) is 33.8 Å². The maximum Gasteiger partial charge on any atom is 0.191 e. The Hall–Kier alpha value is -2.15. The van der Waals surface area contributed by atoms with Gasteiger partial charge in [0.25, 0.3) is 0 Å². The Kier molecular flexibility index (Phi) is 6.14. The van der Waals surface area contributed by atoms with Gasteiger partial charge in [-0.05, 0) is 18.4 Å². The quantitative estimate of drug-likeness (QED) is 0.459. The molecule has 0 aliphatic rings. The Bertz CT molecular complexity index is 684. The van der Waals surface area contributed by atoms with Gasteiger partial charge in [0.15, 0.2) is 11.8 Å². The third-order valence-electron chi connectivity index (χ3n) is 3.86. The number of aryl methyl sites for hydroxylation is 1. The van der Waals surface area contributed by atoms with E-state index in [1.165, 1.54) is 4.88 Å². The monoisotopic (exact) mass is 346 g/mol. The zero-order valence-electron chi connectivity index (χ0n) is 14.8. The number of nitrogens with zero attached hydrogens (tertiary/aromatic N) is 4. The number of rotatable bonds is 7. The fourth-order valence-corrected chi connectivity index (χ4v) is 2.99. The van der Waals surface area contributed by atoms with E-state index in [4.69, 9.17) is 0 Å². The van der Waals surface area contributed by atoms with Gasteiger partial charge in [-0.1, -0.05) is 26.0 Å². The highest BCUT2D eigenvalue weighted by Crippen LogP contribution is 2.26. The first kappa shape index (κ1) is 18.2. The summed E-state index contributed by atoms with van der Waals surface area (Å²) < 4.78 is 1.95. The second-order valence-electron chi connectivity index (χ2n) is 6.27. The molecule has 2 heterocycles. The van der Waals surface area contributed by atoms with Crippen molar-refractivity contribution in [3.8, 4) is 0 Å². The Labute approximate surface area is 147 Å². The minimum absolute atomic E-state index is 0.0339. The fraction of sp³-hybridized carbons (Fsp3) is 0.471. The Balaban J connectivity index is 2.03. The number of guanidine groups is 1. The summed E-state index contributed by atoms with van der Waals surface area (Å²) >= 11 is 1.78. The standard InChI is InChI=1S/C17H26N6S/c1-6-9-18-16(19-11-15-22-21-13(2)23(15)5)20-12-17(3,4)14-8-7-10-24-14/h6-8,10H,1,9,11-12H2,2-5H3,(H2,18,19,20). The second kappa shape index (κ2) is 8.10. The van der Waals surface area contributed by atoms with Crippen LogP contribution in [0.4, 0.5) is 0 Å². The van der Waals surface area contributed by atoms with Crippen molar-refractivity contribution in [2.75, 3.05) is 13.1 Å². The maximum atomic E-state index is 4.62. The van der Waals surface area contributed by atoms with Crippen LogP contribution >= 0.6 is 11.3 Å². The van der Waals surface area contributed by atoms with Crippen molar-refractivity contribution < 1.29 is 0 Å². The molecule has 0 saturated carbocycles. The molecule has 2 aromatic heterocycles. The number of thiophene rings is 1. The summed E-state index contributed by atoms with van der Waals surface area (Å²) in [6.45, 7) is 12.0.